The molecule has 0 atom stereocenters. The number of Topliss-reactive ketones (excluding diaryl/α,β-unsaturated/α-hetero) is 2. The van der Waals surface area contributed by atoms with E-state index in [2.05, 4.69) is 49.6 Å². The van der Waals surface area contributed by atoms with E-state index in [4.69, 9.17) is 33.2 Å². The molecular formula is C54H110O25S2. The first kappa shape index (κ1) is 99.0. The second-order valence-corrected chi connectivity index (χ2v) is 15.7. The van der Waals surface area contributed by atoms with Gasteiger partial charge in [-0.3, -0.25) is 28.8 Å². The molecule has 0 unspecified atom stereocenters. The van der Waals surface area contributed by atoms with Gasteiger partial charge >= 0.3 is 41.8 Å². The average molecular weight is 1220 g/mol. The van der Waals surface area contributed by atoms with Crippen LogP contribution in [0.1, 0.15) is 136 Å². The maximum Gasteiger partial charge on any atom is 0.332 e. The molecule has 0 aromatic rings. The normalized spacial score (nSPS) is 8.99. The van der Waals surface area contributed by atoms with Crippen molar-refractivity contribution in [1.82, 2.24) is 0 Å². The third-order valence-corrected chi connectivity index (χ3v) is 8.59. The van der Waals surface area contributed by atoms with E-state index in [0.29, 0.717) is 77.9 Å². The summed E-state index contributed by atoms with van der Waals surface area (Å²) >= 11 is 3.38. The van der Waals surface area contributed by atoms with Gasteiger partial charge < -0.3 is 75.8 Å². The number of ketones is 2. The van der Waals surface area contributed by atoms with Crippen molar-refractivity contribution in [3.63, 3.8) is 0 Å². The molecule has 0 spiro atoms. The molecule has 0 aromatic heterocycles. The van der Waals surface area contributed by atoms with Gasteiger partial charge in [0.05, 0.1) is 46.2 Å². The highest BCUT2D eigenvalue weighted by atomic mass is 32.2. The molecule has 25 nitrogen and oxygen atoms in total. The lowest BCUT2D eigenvalue weighted by molar-refractivity contribution is -0.155. The Labute approximate surface area is 495 Å². The molecule has 0 aliphatic carbocycles. The Hall–Kier alpha value is -4.03. The topological polar surface area (TPSA) is 301 Å². The first-order valence-corrected chi connectivity index (χ1v) is 29.0. The summed E-state index contributed by atoms with van der Waals surface area (Å²) in [7, 11) is 6.94. The molecule has 0 aliphatic heterocycles. The lowest BCUT2D eigenvalue weighted by atomic mass is 10.2. The molecule has 0 aromatic carbocycles. The van der Waals surface area contributed by atoms with Crippen molar-refractivity contribution in [3.05, 3.63) is 0 Å². The fourth-order valence-corrected chi connectivity index (χ4v) is 3.78. The summed E-state index contributed by atoms with van der Waals surface area (Å²) in [6.07, 6.45) is 1.71. The number of rotatable bonds is 35. The second-order valence-electron chi connectivity index (χ2n) is 13.2. The van der Waals surface area contributed by atoms with Crippen LogP contribution in [-0.4, -0.2) is 218 Å². The molecule has 0 heterocycles. The Kier molecular flexibility index (Phi) is 120. The molecular weight excluding hydrogens is 1110 g/mol. The maximum absolute atomic E-state index is 10.5. The van der Waals surface area contributed by atoms with Crippen molar-refractivity contribution in [3.8, 4) is 0 Å². The molecule has 488 valence electrons. The highest BCUT2D eigenvalue weighted by Crippen LogP contribution is 1.98. The van der Waals surface area contributed by atoms with Gasteiger partial charge in [-0.1, -0.05) is 41.5 Å². The molecule has 0 amide bonds. The fourth-order valence-electron chi connectivity index (χ4n) is 2.84. The Morgan fingerprint density at radius 1 is 0.296 bits per heavy atom. The number of hydrogen-bond acceptors (Lipinski definition) is 27. The molecule has 0 aliphatic rings. The predicted octanol–water partition coefficient (Wildman–Crippen LogP) is 7.65. The third-order valence-electron chi connectivity index (χ3n) is 7.00. The van der Waals surface area contributed by atoms with Crippen LogP contribution >= 0.6 is 23.5 Å². The van der Waals surface area contributed by atoms with Gasteiger partial charge in [0.2, 0.25) is 0 Å². The average Bonchev–Trinajstić information content (AvgIpc) is 3.47. The minimum absolute atomic E-state index is 0.0494. The molecule has 0 bridgehead atoms. The molecule has 0 N–H and O–H groups in total. The Morgan fingerprint density at radius 2 is 0.679 bits per heavy atom. The lowest BCUT2D eigenvalue weighted by Gasteiger charge is -2.00. The van der Waals surface area contributed by atoms with Crippen molar-refractivity contribution in [2.75, 3.05) is 165 Å². The molecule has 0 radical (unpaired) electrons. The van der Waals surface area contributed by atoms with Gasteiger partial charge in [-0.2, -0.15) is 11.8 Å². The monoisotopic (exact) mass is 1220 g/mol. The molecule has 27 heteroatoms. The van der Waals surface area contributed by atoms with Gasteiger partial charge in [0.25, 0.3) is 0 Å². The predicted molar refractivity (Wildman–Crippen MR) is 313 cm³/mol. The van der Waals surface area contributed by atoms with Gasteiger partial charge in [-0.15, -0.1) is 11.8 Å². The number of hydrogen-bond donors (Lipinski definition) is 0. The SMILES string of the molecule is CCC(=O)CC(=O)OC.CCC(=O)OCOC.CCOC(=O)COC.CCOCC(=O)CC.CCOCC(=O)OC.CCOCC(=O)OCC.CCOCOC(=O)CC.CCOCOCC.CCOCSCC.CCSCC(=O)OC. The third kappa shape index (κ3) is 133. The summed E-state index contributed by atoms with van der Waals surface area (Å²) in [4.78, 5) is 93.2. The zero-order chi connectivity index (χ0) is 64.6. The first-order chi connectivity index (χ1) is 38.7. The van der Waals surface area contributed by atoms with E-state index in [1.165, 1.54) is 35.5 Å². The van der Waals surface area contributed by atoms with Crippen LogP contribution in [0, 0.1) is 0 Å². The van der Waals surface area contributed by atoms with E-state index in [1.807, 2.05) is 74.1 Å². The molecule has 0 fully saturated rings. The van der Waals surface area contributed by atoms with Crippen molar-refractivity contribution >= 4 is 76.9 Å². The summed E-state index contributed by atoms with van der Waals surface area (Å²) in [5.41, 5.74) is 0. The number of esters is 7. The lowest BCUT2D eigenvalue weighted by Crippen LogP contribution is -2.11. The summed E-state index contributed by atoms with van der Waals surface area (Å²) in [5, 5.41) is 0. The second kappa shape index (κ2) is 98.1. The van der Waals surface area contributed by atoms with E-state index < -0.39 is 5.97 Å². The zero-order valence-electron chi connectivity index (χ0n) is 53.2. The van der Waals surface area contributed by atoms with E-state index in [0.717, 1.165) is 37.3 Å². The summed E-state index contributed by atoms with van der Waals surface area (Å²) in [6.45, 7) is 34.5. The van der Waals surface area contributed by atoms with E-state index >= 15 is 0 Å². The minimum Gasteiger partial charge on any atom is -0.469 e. The highest BCUT2D eigenvalue weighted by Gasteiger charge is 2.05. The zero-order valence-corrected chi connectivity index (χ0v) is 54.8. The van der Waals surface area contributed by atoms with Crippen molar-refractivity contribution in [2.24, 2.45) is 0 Å². The van der Waals surface area contributed by atoms with E-state index in [-0.39, 0.29) is 93.8 Å². The Balaban J connectivity index is -0.0000000865. The van der Waals surface area contributed by atoms with Gasteiger partial charge in [0.1, 0.15) is 45.4 Å². The number of methoxy groups -OCH3 is 5. The molecule has 0 saturated carbocycles. The van der Waals surface area contributed by atoms with Crippen LogP contribution in [0.2, 0.25) is 0 Å². The van der Waals surface area contributed by atoms with Crippen LogP contribution in [0.25, 0.3) is 0 Å². The summed E-state index contributed by atoms with van der Waals surface area (Å²) in [6, 6.07) is 0. The van der Waals surface area contributed by atoms with E-state index in [1.54, 1.807) is 46.4 Å². The quantitative estimate of drug-likeness (QED) is 0.0193. The maximum atomic E-state index is 10.5. The van der Waals surface area contributed by atoms with Gasteiger partial charge in [-0.25, -0.2) is 14.4 Å². The number of carbonyl (C=O) groups is 9. The smallest absolute Gasteiger partial charge is 0.332 e. The molecule has 0 saturated heterocycles. The van der Waals surface area contributed by atoms with Crippen LogP contribution in [0.3, 0.4) is 0 Å². The van der Waals surface area contributed by atoms with Crippen LogP contribution in [0.4, 0.5) is 0 Å². The fraction of sp³-hybridized carbons (Fsp3) is 0.833. The van der Waals surface area contributed by atoms with Gasteiger partial charge in [0.15, 0.2) is 19.4 Å². The van der Waals surface area contributed by atoms with Crippen LogP contribution < -0.4 is 0 Å². The van der Waals surface area contributed by atoms with Crippen LogP contribution in [0.15, 0.2) is 0 Å². The van der Waals surface area contributed by atoms with Crippen molar-refractivity contribution in [2.45, 2.75) is 136 Å². The standard InChI is InChI=1S/C6H10O3.2C6H12O3.C6H12O2.3C5H10O3.C5H10O2S.C5H12O2.C5H12OS/c1-3-5(7)4-6(8)9-2;1-3-8-5-6(7)9-4-2;1-3-6(7)9-5-8-4-2;1-3-6(7)5-8-4-2;1-3-8-4-5(6)7-2;1-3-8-5(6)4-7-2;1-3-5(6)8-4-7-2;1-3-8-4-5(6)7-2;2*1-3-6-5-7-4-2/h3-4H2,1-2H3;2*3-5H2,1-2H3;3-5H2,1-2H3;4*3-4H2,1-2H3;2*3-5H2,1-2H3. The highest BCUT2D eigenvalue weighted by molar-refractivity contribution is 7.99. The number of ether oxygens (including phenoxy) is 16. The van der Waals surface area contributed by atoms with Crippen LogP contribution in [0.5, 0.6) is 0 Å². The van der Waals surface area contributed by atoms with Crippen molar-refractivity contribution in [1.29, 1.82) is 0 Å². The van der Waals surface area contributed by atoms with Gasteiger partial charge in [-0.05, 0) is 73.8 Å². The summed E-state index contributed by atoms with van der Waals surface area (Å²) in [5.74, 6) is 1.57. The Morgan fingerprint density at radius 3 is 1.02 bits per heavy atom. The number of carbonyl (C=O) groups excluding carboxylic acids is 9. The molecule has 81 heavy (non-hydrogen) atoms. The largest absolute Gasteiger partial charge is 0.469 e. The first-order valence-electron chi connectivity index (χ1n) is 26.7. The van der Waals surface area contributed by atoms with Crippen molar-refractivity contribution < 1.29 is 119 Å². The minimum atomic E-state index is -0.457. The Bertz CT molecular complexity index is 1210. The van der Waals surface area contributed by atoms with Crippen LogP contribution in [-0.2, 0) is 119 Å². The molecule has 0 rings (SSSR count). The summed E-state index contributed by atoms with van der Waals surface area (Å²) < 4.78 is 73.9. The number of thioether (sulfide) groups is 2. The van der Waals surface area contributed by atoms with Gasteiger partial charge in [0, 0.05) is 86.2 Å². The van der Waals surface area contributed by atoms with E-state index in [9.17, 15) is 43.2 Å².